The maximum Gasteiger partial charge on any atom is 0.230 e. The van der Waals surface area contributed by atoms with Crippen LogP contribution in [0.2, 0.25) is 0 Å². The fourth-order valence-corrected chi connectivity index (χ4v) is 5.27. The minimum Gasteiger partial charge on any atom is -0.214 e. The van der Waals surface area contributed by atoms with Gasteiger partial charge in [-0.1, -0.05) is 25.7 Å². The van der Waals surface area contributed by atoms with Crippen molar-refractivity contribution in [2.45, 2.75) is 75.7 Å². The first-order valence-electron chi connectivity index (χ1n) is 8.99. The molecule has 0 spiro atoms. The van der Waals surface area contributed by atoms with E-state index in [0.29, 0.717) is 25.7 Å². The van der Waals surface area contributed by atoms with Gasteiger partial charge in [0.05, 0.1) is 12.1 Å². The minimum absolute atomic E-state index is 0.188. The third-order valence-electron chi connectivity index (χ3n) is 3.91. The molecule has 0 aliphatic rings. The lowest BCUT2D eigenvalue weighted by molar-refractivity contribution is 0.554. The van der Waals surface area contributed by atoms with Crippen LogP contribution in [0.15, 0.2) is 0 Å². The van der Waals surface area contributed by atoms with Gasteiger partial charge in [0.2, 0.25) is 20.0 Å². The van der Waals surface area contributed by atoms with Gasteiger partial charge in [0.25, 0.3) is 0 Å². The topological polar surface area (TPSA) is 140 Å². The van der Waals surface area contributed by atoms with Crippen LogP contribution in [0.3, 0.4) is 0 Å². The third kappa shape index (κ3) is 11.4. The Morgan fingerprint density at radius 2 is 1.04 bits per heavy atom. The molecule has 0 aromatic carbocycles. The van der Waals surface area contributed by atoms with E-state index in [0.717, 1.165) is 45.4 Å². The van der Waals surface area contributed by atoms with Crippen LogP contribution in [-0.2, 0) is 20.0 Å². The van der Waals surface area contributed by atoms with Crippen molar-refractivity contribution < 1.29 is 16.8 Å². The fraction of sp³-hybridized carbons (Fsp3) is 0.875. The zero-order valence-electron chi connectivity index (χ0n) is 15.4. The standard InChI is InChI=1S/C16H30N4O4S2/c1-16(25(21,22)19-14-10-6-2-4-8-12-17)26(23,24)20-15-11-7-3-5-9-13-18/h16,19-20H,2-11,14-15H2,1H3. The molecule has 8 nitrogen and oxygen atoms in total. The summed E-state index contributed by atoms with van der Waals surface area (Å²) in [5.74, 6) is 0. The van der Waals surface area contributed by atoms with E-state index >= 15 is 0 Å². The Morgan fingerprint density at radius 3 is 1.38 bits per heavy atom. The summed E-state index contributed by atoms with van der Waals surface area (Å²) in [6.07, 6.45) is 7.03. The maximum absolute atomic E-state index is 12.1. The predicted molar refractivity (Wildman–Crippen MR) is 101 cm³/mol. The molecule has 0 unspecified atom stereocenters. The van der Waals surface area contributed by atoms with E-state index in [2.05, 4.69) is 9.44 Å². The second-order valence-electron chi connectivity index (χ2n) is 6.09. The Labute approximate surface area is 158 Å². The summed E-state index contributed by atoms with van der Waals surface area (Å²) in [5, 5.41) is 16.8. The number of nitrogens with zero attached hydrogens (tertiary/aromatic N) is 2. The van der Waals surface area contributed by atoms with Crippen LogP contribution in [0.5, 0.6) is 0 Å². The molecule has 0 aromatic heterocycles. The molecule has 0 saturated carbocycles. The number of nitrogens with one attached hydrogen (secondary N) is 2. The molecule has 0 heterocycles. The second-order valence-corrected chi connectivity index (χ2v) is 10.6. The molecule has 10 heteroatoms. The maximum atomic E-state index is 12.1. The first-order chi connectivity index (χ1) is 12.3. The monoisotopic (exact) mass is 406 g/mol. The fourth-order valence-electron chi connectivity index (χ4n) is 2.20. The number of nitriles is 2. The average Bonchev–Trinajstić information content (AvgIpc) is 2.59. The van der Waals surface area contributed by atoms with Crippen molar-refractivity contribution in [1.29, 1.82) is 10.5 Å². The molecule has 0 fully saturated rings. The normalized spacial score (nSPS) is 12.0. The number of hydrogen-bond donors (Lipinski definition) is 2. The number of hydrogen-bond acceptors (Lipinski definition) is 6. The van der Waals surface area contributed by atoms with Crippen LogP contribution >= 0.6 is 0 Å². The number of sulfonamides is 2. The van der Waals surface area contributed by atoms with E-state index in [4.69, 9.17) is 10.5 Å². The lowest BCUT2D eigenvalue weighted by Crippen LogP contribution is -2.43. The van der Waals surface area contributed by atoms with Gasteiger partial charge in [-0.05, 0) is 32.6 Å². The van der Waals surface area contributed by atoms with Crippen LogP contribution < -0.4 is 9.44 Å². The van der Waals surface area contributed by atoms with Gasteiger partial charge in [-0.15, -0.1) is 0 Å². The molecule has 0 atom stereocenters. The Bertz CT molecular complexity index is 605. The molecular formula is C16H30N4O4S2. The molecule has 0 radical (unpaired) electrons. The molecule has 0 amide bonds. The lowest BCUT2D eigenvalue weighted by atomic mass is 10.1. The van der Waals surface area contributed by atoms with Crippen LogP contribution in [0.25, 0.3) is 0 Å². The highest BCUT2D eigenvalue weighted by Gasteiger charge is 2.32. The van der Waals surface area contributed by atoms with Crippen molar-refractivity contribution >= 4 is 20.0 Å². The molecule has 0 bridgehead atoms. The van der Waals surface area contributed by atoms with E-state index in [1.54, 1.807) is 0 Å². The summed E-state index contributed by atoms with van der Waals surface area (Å²) in [4.78, 5) is 0. The Balaban J connectivity index is 4.14. The van der Waals surface area contributed by atoms with Gasteiger partial charge in [-0.2, -0.15) is 10.5 Å². The summed E-state index contributed by atoms with van der Waals surface area (Å²) in [5.41, 5.74) is 0. The van der Waals surface area contributed by atoms with Gasteiger partial charge >= 0.3 is 0 Å². The van der Waals surface area contributed by atoms with Crippen LogP contribution in [-0.4, -0.2) is 34.5 Å². The van der Waals surface area contributed by atoms with Crippen LogP contribution in [0.1, 0.15) is 71.1 Å². The highest BCUT2D eigenvalue weighted by molar-refractivity contribution is 8.07. The first kappa shape index (κ1) is 24.8. The van der Waals surface area contributed by atoms with Crippen molar-refractivity contribution in [3.63, 3.8) is 0 Å². The van der Waals surface area contributed by atoms with Gasteiger partial charge in [0, 0.05) is 25.9 Å². The molecule has 0 saturated heterocycles. The largest absolute Gasteiger partial charge is 0.230 e. The molecule has 0 aromatic rings. The molecule has 0 aliphatic carbocycles. The summed E-state index contributed by atoms with van der Waals surface area (Å²) >= 11 is 0. The van der Waals surface area contributed by atoms with Crippen LogP contribution in [0.4, 0.5) is 0 Å². The van der Waals surface area contributed by atoms with Gasteiger partial charge in [-0.3, -0.25) is 0 Å². The van der Waals surface area contributed by atoms with E-state index in [1.165, 1.54) is 0 Å². The van der Waals surface area contributed by atoms with E-state index in [1.807, 2.05) is 12.1 Å². The number of unbranched alkanes of at least 4 members (excludes halogenated alkanes) is 8. The number of rotatable bonds is 16. The van der Waals surface area contributed by atoms with Gasteiger partial charge in [0.1, 0.15) is 0 Å². The Hall–Kier alpha value is -1.20. The second kappa shape index (κ2) is 13.9. The highest BCUT2D eigenvalue weighted by atomic mass is 32.3. The smallest absolute Gasteiger partial charge is 0.214 e. The van der Waals surface area contributed by atoms with Gasteiger partial charge in [-0.25, -0.2) is 26.3 Å². The highest BCUT2D eigenvalue weighted by Crippen LogP contribution is 2.08. The summed E-state index contributed by atoms with van der Waals surface area (Å²) in [6.45, 7) is 1.53. The predicted octanol–water partition coefficient (Wildman–Crippen LogP) is 2.12. The minimum atomic E-state index is -3.96. The first-order valence-corrected chi connectivity index (χ1v) is 12.1. The zero-order chi connectivity index (χ0) is 19.9. The summed E-state index contributed by atoms with van der Waals surface area (Å²) in [6, 6.07) is 4.10. The van der Waals surface area contributed by atoms with Gasteiger partial charge < -0.3 is 0 Å². The van der Waals surface area contributed by atoms with Crippen molar-refractivity contribution in [1.82, 2.24) is 9.44 Å². The van der Waals surface area contributed by atoms with E-state index in [-0.39, 0.29) is 13.1 Å². The Kier molecular flexibility index (Phi) is 13.3. The molecule has 150 valence electrons. The Morgan fingerprint density at radius 1 is 0.692 bits per heavy atom. The van der Waals surface area contributed by atoms with Gasteiger partial charge in [0.15, 0.2) is 4.58 Å². The van der Waals surface area contributed by atoms with Crippen molar-refractivity contribution in [3.8, 4) is 12.1 Å². The SMILES string of the molecule is CC(S(=O)(=O)NCCCCCCC#N)S(=O)(=O)NCCCCCCC#N. The quantitative estimate of drug-likeness (QED) is 0.376. The summed E-state index contributed by atoms with van der Waals surface area (Å²) in [7, 11) is -7.92. The zero-order valence-corrected chi connectivity index (χ0v) is 17.0. The van der Waals surface area contributed by atoms with Crippen molar-refractivity contribution in [3.05, 3.63) is 0 Å². The van der Waals surface area contributed by atoms with E-state index in [9.17, 15) is 16.8 Å². The molecule has 26 heavy (non-hydrogen) atoms. The molecule has 2 N–H and O–H groups in total. The third-order valence-corrected chi connectivity index (χ3v) is 8.39. The lowest BCUT2D eigenvalue weighted by Gasteiger charge is -2.15. The van der Waals surface area contributed by atoms with Crippen LogP contribution in [0, 0.1) is 22.7 Å². The molecule has 0 aliphatic heterocycles. The average molecular weight is 407 g/mol. The molecule has 0 rings (SSSR count). The summed E-state index contributed by atoms with van der Waals surface area (Å²) < 4.78 is 51.6. The van der Waals surface area contributed by atoms with Crippen molar-refractivity contribution in [2.75, 3.05) is 13.1 Å². The van der Waals surface area contributed by atoms with Crippen molar-refractivity contribution in [2.24, 2.45) is 0 Å². The molecular weight excluding hydrogens is 376 g/mol. The van der Waals surface area contributed by atoms with E-state index < -0.39 is 24.6 Å².